The van der Waals surface area contributed by atoms with Crippen molar-refractivity contribution >= 4 is 44.8 Å². The van der Waals surface area contributed by atoms with Crippen molar-refractivity contribution in [3.63, 3.8) is 0 Å². The molecule has 0 fully saturated rings. The molecule has 0 saturated heterocycles. The van der Waals surface area contributed by atoms with Gasteiger partial charge in [0.05, 0.1) is 10.0 Å². The van der Waals surface area contributed by atoms with Crippen LogP contribution in [0.5, 0.6) is 0 Å². The number of hydrogen-bond acceptors (Lipinski definition) is 2. The molecule has 0 amide bonds. The molecule has 18 heavy (non-hydrogen) atoms. The molecule has 0 aliphatic heterocycles. The minimum absolute atomic E-state index is 0.00559. The molecule has 1 rings (SSSR count). The zero-order valence-corrected chi connectivity index (χ0v) is 12.7. The van der Waals surface area contributed by atoms with Crippen LogP contribution in [0.2, 0.25) is 15.1 Å². The van der Waals surface area contributed by atoms with E-state index in [4.69, 9.17) is 34.8 Å². The summed E-state index contributed by atoms with van der Waals surface area (Å²) in [5.74, 6) is 0. The van der Waals surface area contributed by atoms with E-state index in [2.05, 4.69) is 4.72 Å². The van der Waals surface area contributed by atoms with E-state index in [1.54, 1.807) is 0 Å². The number of hydrogen-bond donors (Lipinski definition) is 1. The van der Waals surface area contributed by atoms with Crippen molar-refractivity contribution in [2.75, 3.05) is 6.54 Å². The van der Waals surface area contributed by atoms with E-state index >= 15 is 0 Å². The Morgan fingerprint density at radius 2 is 1.78 bits per heavy atom. The van der Waals surface area contributed by atoms with Crippen LogP contribution in [0, 0.1) is 0 Å². The van der Waals surface area contributed by atoms with E-state index in [1.807, 2.05) is 19.1 Å². The molecule has 0 aromatic heterocycles. The lowest BCUT2D eigenvalue weighted by atomic mass is 10.4. The minimum atomic E-state index is -3.73. The predicted molar refractivity (Wildman–Crippen MR) is 76.1 cm³/mol. The van der Waals surface area contributed by atoms with Crippen molar-refractivity contribution in [3.05, 3.63) is 39.4 Å². The molecule has 0 aliphatic rings. The minimum Gasteiger partial charge on any atom is -0.211 e. The second-order valence-electron chi connectivity index (χ2n) is 3.45. The van der Waals surface area contributed by atoms with Gasteiger partial charge in [-0.15, -0.1) is 0 Å². The van der Waals surface area contributed by atoms with Crippen molar-refractivity contribution < 1.29 is 8.42 Å². The maximum absolute atomic E-state index is 12.0. The van der Waals surface area contributed by atoms with Crippen LogP contribution < -0.4 is 4.72 Å². The van der Waals surface area contributed by atoms with E-state index in [0.717, 1.165) is 0 Å². The first-order valence-electron chi connectivity index (χ1n) is 5.14. The number of allylic oxidation sites excluding steroid dienone is 1. The van der Waals surface area contributed by atoms with E-state index in [-0.39, 0.29) is 26.5 Å². The highest BCUT2D eigenvalue weighted by Gasteiger charge is 2.21. The molecule has 0 heterocycles. The third-order valence-corrected chi connectivity index (χ3v) is 4.67. The molecule has 0 aliphatic carbocycles. The maximum Gasteiger partial charge on any atom is 0.243 e. The summed E-state index contributed by atoms with van der Waals surface area (Å²) in [6, 6.07) is 2.69. The van der Waals surface area contributed by atoms with Gasteiger partial charge in [-0.2, -0.15) is 0 Å². The largest absolute Gasteiger partial charge is 0.243 e. The molecular weight excluding hydrogens is 317 g/mol. The van der Waals surface area contributed by atoms with Gasteiger partial charge in [-0.3, -0.25) is 0 Å². The number of benzene rings is 1. The second-order valence-corrected chi connectivity index (χ2v) is 6.41. The second kappa shape index (κ2) is 6.78. The first-order chi connectivity index (χ1) is 8.38. The van der Waals surface area contributed by atoms with Gasteiger partial charge in [0, 0.05) is 11.6 Å². The van der Waals surface area contributed by atoms with E-state index in [1.165, 1.54) is 12.1 Å². The van der Waals surface area contributed by atoms with E-state index in [9.17, 15) is 8.42 Å². The average molecular weight is 329 g/mol. The zero-order valence-electron chi connectivity index (χ0n) is 9.58. The lowest BCUT2D eigenvalue weighted by molar-refractivity contribution is 0.582. The zero-order chi connectivity index (χ0) is 13.8. The Kier molecular flexibility index (Phi) is 5.95. The standard InChI is InChI=1S/C11H12Cl3NO2S/c1-2-3-4-5-15-18(16,17)11-9(13)6-8(12)7-10(11)14/h2-3,6-7,15H,4-5H2,1H3/b3-2+. The van der Waals surface area contributed by atoms with E-state index in [0.29, 0.717) is 6.42 Å². The van der Waals surface area contributed by atoms with Gasteiger partial charge >= 0.3 is 0 Å². The van der Waals surface area contributed by atoms with Gasteiger partial charge in [0.2, 0.25) is 10.0 Å². The number of halogens is 3. The van der Waals surface area contributed by atoms with Gasteiger partial charge in [0.15, 0.2) is 0 Å². The molecule has 1 N–H and O–H groups in total. The van der Waals surface area contributed by atoms with Crippen LogP contribution in [0.3, 0.4) is 0 Å². The third kappa shape index (κ3) is 4.14. The predicted octanol–water partition coefficient (Wildman–Crippen LogP) is 3.89. The Bertz CT molecular complexity index is 532. The monoisotopic (exact) mass is 327 g/mol. The fourth-order valence-corrected chi connectivity index (χ4v) is 3.89. The maximum atomic E-state index is 12.0. The van der Waals surface area contributed by atoms with Crippen LogP contribution in [0.25, 0.3) is 0 Å². The lowest BCUT2D eigenvalue weighted by Crippen LogP contribution is -2.25. The van der Waals surface area contributed by atoms with Crippen LogP contribution in [0.15, 0.2) is 29.2 Å². The fraction of sp³-hybridized carbons (Fsp3) is 0.273. The van der Waals surface area contributed by atoms with Crippen molar-refractivity contribution in [1.29, 1.82) is 0 Å². The highest BCUT2D eigenvalue weighted by Crippen LogP contribution is 2.32. The van der Waals surface area contributed by atoms with Crippen molar-refractivity contribution in [2.24, 2.45) is 0 Å². The van der Waals surface area contributed by atoms with Crippen LogP contribution in [-0.4, -0.2) is 15.0 Å². The molecule has 0 bridgehead atoms. The fourth-order valence-electron chi connectivity index (χ4n) is 1.30. The molecule has 1 aromatic carbocycles. The summed E-state index contributed by atoms with van der Waals surface area (Å²) in [4.78, 5) is -0.143. The first-order valence-corrected chi connectivity index (χ1v) is 7.75. The topological polar surface area (TPSA) is 46.2 Å². The summed E-state index contributed by atoms with van der Waals surface area (Å²) in [6.45, 7) is 2.14. The van der Waals surface area contributed by atoms with Crippen molar-refractivity contribution in [2.45, 2.75) is 18.2 Å². The molecule has 100 valence electrons. The SMILES string of the molecule is C/C=C/CCNS(=O)(=O)c1c(Cl)cc(Cl)cc1Cl. The summed E-state index contributed by atoms with van der Waals surface area (Å²) in [5.41, 5.74) is 0. The summed E-state index contributed by atoms with van der Waals surface area (Å²) in [5, 5.41) is 0.301. The Balaban J connectivity index is 2.98. The molecule has 0 saturated carbocycles. The Morgan fingerprint density at radius 3 is 2.28 bits per heavy atom. The summed E-state index contributed by atoms with van der Waals surface area (Å²) in [6.07, 6.45) is 4.29. The molecule has 0 unspecified atom stereocenters. The molecular formula is C11H12Cl3NO2S. The van der Waals surface area contributed by atoms with Gasteiger partial charge in [-0.25, -0.2) is 13.1 Å². The van der Waals surface area contributed by atoms with Gasteiger partial charge in [0.25, 0.3) is 0 Å². The van der Waals surface area contributed by atoms with E-state index < -0.39 is 10.0 Å². The highest BCUT2D eigenvalue weighted by atomic mass is 35.5. The summed E-state index contributed by atoms with van der Waals surface area (Å²) >= 11 is 17.4. The number of sulfonamides is 1. The van der Waals surface area contributed by atoms with Crippen LogP contribution in [-0.2, 0) is 10.0 Å². The average Bonchev–Trinajstić information content (AvgIpc) is 2.22. The molecule has 1 aromatic rings. The van der Waals surface area contributed by atoms with Gasteiger partial charge in [-0.1, -0.05) is 47.0 Å². The Morgan fingerprint density at radius 1 is 1.22 bits per heavy atom. The highest BCUT2D eigenvalue weighted by molar-refractivity contribution is 7.89. The molecule has 0 atom stereocenters. The van der Waals surface area contributed by atoms with Crippen molar-refractivity contribution in [3.8, 4) is 0 Å². The molecule has 3 nitrogen and oxygen atoms in total. The van der Waals surface area contributed by atoms with Gasteiger partial charge in [-0.05, 0) is 25.5 Å². The molecule has 0 spiro atoms. The normalized spacial score (nSPS) is 12.2. The van der Waals surface area contributed by atoms with Crippen LogP contribution in [0.1, 0.15) is 13.3 Å². The Labute approximate surface area is 122 Å². The van der Waals surface area contributed by atoms with Crippen LogP contribution >= 0.6 is 34.8 Å². The van der Waals surface area contributed by atoms with Crippen molar-refractivity contribution in [1.82, 2.24) is 4.72 Å². The number of rotatable bonds is 5. The lowest BCUT2D eigenvalue weighted by Gasteiger charge is -2.09. The molecule has 0 radical (unpaired) electrons. The summed E-state index contributed by atoms with van der Waals surface area (Å²) in [7, 11) is -3.73. The quantitative estimate of drug-likeness (QED) is 0.658. The van der Waals surface area contributed by atoms with Gasteiger partial charge < -0.3 is 0 Å². The summed E-state index contributed by atoms with van der Waals surface area (Å²) < 4.78 is 26.4. The third-order valence-electron chi connectivity index (χ3n) is 2.07. The Hall–Kier alpha value is -0.260. The smallest absolute Gasteiger partial charge is 0.211 e. The van der Waals surface area contributed by atoms with Gasteiger partial charge in [0.1, 0.15) is 4.90 Å². The molecule has 7 heteroatoms. The van der Waals surface area contributed by atoms with Crippen LogP contribution in [0.4, 0.5) is 0 Å². The number of nitrogens with one attached hydrogen (secondary N) is 1. The first kappa shape index (κ1) is 15.8.